The highest BCUT2D eigenvalue weighted by Crippen LogP contribution is 2.25. The summed E-state index contributed by atoms with van der Waals surface area (Å²) in [6, 6.07) is 0.254. The van der Waals surface area contributed by atoms with Crippen LogP contribution >= 0.6 is 11.6 Å². The van der Waals surface area contributed by atoms with E-state index in [-0.39, 0.29) is 6.04 Å². The number of aromatic nitrogens is 2. The molecule has 2 atom stereocenters. The number of nitrogens with one attached hydrogen (secondary N) is 1. The minimum atomic E-state index is 0.254. The average Bonchev–Trinajstić information content (AvgIpc) is 2.64. The van der Waals surface area contributed by atoms with Crippen molar-refractivity contribution in [1.29, 1.82) is 0 Å². The second kappa shape index (κ2) is 7.88. The molecule has 110 valence electrons. The van der Waals surface area contributed by atoms with Crippen LogP contribution in [-0.4, -0.2) is 15.8 Å². The fourth-order valence-electron chi connectivity index (χ4n) is 2.63. The first-order valence-corrected chi connectivity index (χ1v) is 7.56. The van der Waals surface area contributed by atoms with Crippen LogP contribution in [-0.2, 0) is 13.5 Å². The Hall–Kier alpha value is -0.580. The summed E-state index contributed by atoms with van der Waals surface area (Å²) in [7, 11) is 1.94. The largest absolute Gasteiger partial charge is 0.271 e. The van der Waals surface area contributed by atoms with Gasteiger partial charge in [0.15, 0.2) is 0 Å². The van der Waals surface area contributed by atoms with Gasteiger partial charge in [0.1, 0.15) is 0 Å². The maximum atomic E-state index is 6.32. The van der Waals surface area contributed by atoms with Crippen molar-refractivity contribution in [2.45, 2.75) is 58.9 Å². The van der Waals surface area contributed by atoms with Crippen LogP contribution in [0.1, 0.15) is 50.9 Å². The summed E-state index contributed by atoms with van der Waals surface area (Å²) >= 11 is 6.32. The lowest BCUT2D eigenvalue weighted by molar-refractivity contribution is 0.314. The number of hydrogen-bond acceptors (Lipinski definition) is 3. The SMILES string of the molecule is CCCCC(CC)C(Cc1c(Cl)c(C)nn1C)NN. The Morgan fingerprint density at radius 1 is 1.42 bits per heavy atom. The number of nitrogens with zero attached hydrogens (tertiary/aromatic N) is 2. The summed E-state index contributed by atoms with van der Waals surface area (Å²) in [4.78, 5) is 0. The molecule has 0 radical (unpaired) electrons. The Labute approximate surface area is 121 Å². The van der Waals surface area contributed by atoms with Gasteiger partial charge in [0, 0.05) is 19.5 Å². The van der Waals surface area contributed by atoms with Gasteiger partial charge in [-0.2, -0.15) is 5.10 Å². The standard InChI is InChI=1S/C14H27ClN4/c1-5-7-8-11(6-2)12(17-16)9-13-14(15)10(3)18-19(13)4/h11-12,17H,5-9,16H2,1-4H3. The van der Waals surface area contributed by atoms with Gasteiger partial charge in [-0.15, -0.1) is 0 Å². The first-order valence-electron chi connectivity index (χ1n) is 7.19. The molecule has 2 unspecified atom stereocenters. The smallest absolute Gasteiger partial charge is 0.0847 e. The Bertz CT molecular complexity index is 389. The van der Waals surface area contributed by atoms with Crippen molar-refractivity contribution in [1.82, 2.24) is 15.2 Å². The van der Waals surface area contributed by atoms with E-state index >= 15 is 0 Å². The predicted molar refractivity (Wildman–Crippen MR) is 81.1 cm³/mol. The zero-order valence-electron chi connectivity index (χ0n) is 12.5. The van der Waals surface area contributed by atoms with Crippen molar-refractivity contribution in [2.24, 2.45) is 18.8 Å². The summed E-state index contributed by atoms with van der Waals surface area (Å²) in [5.74, 6) is 6.33. The van der Waals surface area contributed by atoms with Crippen LogP contribution in [0.3, 0.4) is 0 Å². The van der Waals surface area contributed by atoms with E-state index in [1.807, 2.05) is 18.7 Å². The molecule has 0 saturated carbocycles. The highest BCUT2D eigenvalue weighted by atomic mass is 35.5. The number of hydrogen-bond donors (Lipinski definition) is 2. The van der Waals surface area contributed by atoms with E-state index in [2.05, 4.69) is 24.4 Å². The number of nitrogens with two attached hydrogens (primary N) is 1. The van der Waals surface area contributed by atoms with Gasteiger partial charge in [-0.3, -0.25) is 16.0 Å². The molecule has 1 aromatic heterocycles. The zero-order valence-corrected chi connectivity index (χ0v) is 13.3. The minimum Gasteiger partial charge on any atom is -0.271 e. The van der Waals surface area contributed by atoms with Gasteiger partial charge >= 0.3 is 0 Å². The van der Waals surface area contributed by atoms with Crippen molar-refractivity contribution in [3.8, 4) is 0 Å². The number of hydrazine groups is 1. The lowest BCUT2D eigenvalue weighted by Crippen LogP contribution is -2.42. The molecule has 0 amide bonds. The second-order valence-electron chi connectivity index (χ2n) is 5.26. The molecule has 0 spiro atoms. The van der Waals surface area contributed by atoms with E-state index in [4.69, 9.17) is 17.4 Å². The Kier molecular flexibility index (Phi) is 6.83. The normalized spacial score (nSPS) is 14.6. The minimum absolute atomic E-state index is 0.254. The van der Waals surface area contributed by atoms with E-state index in [1.54, 1.807) is 0 Å². The van der Waals surface area contributed by atoms with Crippen molar-refractivity contribution in [3.05, 3.63) is 16.4 Å². The summed E-state index contributed by atoms with van der Waals surface area (Å²) in [6.07, 6.45) is 5.63. The van der Waals surface area contributed by atoms with E-state index in [0.717, 1.165) is 29.3 Å². The molecule has 5 heteroatoms. The first-order chi connectivity index (χ1) is 9.04. The van der Waals surface area contributed by atoms with Crippen molar-refractivity contribution in [3.63, 3.8) is 0 Å². The van der Waals surface area contributed by atoms with Crippen LogP contribution in [0.2, 0.25) is 5.02 Å². The number of halogens is 1. The third-order valence-corrected chi connectivity index (χ3v) is 4.40. The molecule has 0 aliphatic carbocycles. The maximum absolute atomic E-state index is 6.32. The highest BCUT2D eigenvalue weighted by Gasteiger charge is 2.22. The molecule has 0 aliphatic rings. The second-order valence-corrected chi connectivity index (χ2v) is 5.64. The molecule has 19 heavy (non-hydrogen) atoms. The van der Waals surface area contributed by atoms with Crippen molar-refractivity contribution in [2.75, 3.05) is 0 Å². The molecule has 3 N–H and O–H groups in total. The average molecular weight is 287 g/mol. The molecule has 0 aliphatic heterocycles. The van der Waals surface area contributed by atoms with Gasteiger partial charge in [0.05, 0.1) is 16.4 Å². The Morgan fingerprint density at radius 2 is 2.11 bits per heavy atom. The number of rotatable bonds is 8. The van der Waals surface area contributed by atoms with Gasteiger partial charge in [-0.25, -0.2) is 0 Å². The number of unbranched alkanes of at least 4 members (excludes halogenated alkanes) is 1. The fourth-order valence-corrected chi connectivity index (χ4v) is 2.87. The van der Waals surface area contributed by atoms with Gasteiger partial charge in [-0.1, -0.05) is 44.7 Å². The van der Waals surface area contributed by atoms with Crippen LogP contribution in [0.5, 0.6) is 0 Å². The molecular weight excluding hydrogens is 260 g/mol. The lowest BCUT2D eigenvalue weighted by atomic mass is 9.89. The third kappa shape index (κ3) is 4.20. The fraction of sp³-hybridized carbons (Fsp3) is 0.786. The summed E-state index contributed by atoms with van der Waals surface area (Å²) in [6.45, 7) is 6.38. The van der Waals surface area contributed by atoms with Crippen molar-refractivity contribution >= 4 is 11.6 Å². The molecule has 0 bridgehead atoms. The van der Waals surface area contributed by atoms with Crippen LogP contribution in [0.25, 0.3) is 0 Å². The van der Waals surface area contributed by atoms with E-state index in [0.29, 0.717) is 5.92 Å². The predicted octanol–water partition coefficient (Wildman–Crippen LogP) is 2.97. The molecule has 0 saturated heterocycles. The first kappa shape index (κ1) is 16.5. The molecule has 1 rings (SSSR count). The maximum Gasteiger partial charge on any atom is 0.0847 e. The molecular formula is C14H27ClN4. The monoisotopic (exact) mass is 286 g/mol. The Balaban J connectivity index is 2.79. The Morgan fingerprint density at radius 3 is 2.53 bits per heavy atom. The summed E-state index contributed by atoms with van der Waals surface area (Å²) < 4.78 is 1.87. The van der Waals surface area contributed by atoms with Crippen molar-refractivity contribution < 1.29 is 0 Å². The quantitative estimate of drug-likeness (QED) is 0.571. The van der Waals surface area contributed by atoms with Crippen LogP contribution < -0.4 is 11.3 Å². The van der Waals surface area contributed by atoms with Crippen LogP contribution in [0.15, 0.2) is 0 Å². The molecule has 4 nitrogen and oxygen atoms in total. The topological polar surface area (TPSA) is 55.9 Å². The lowest BCUT2D eigenvalue weighted by Gasteiger charge is -2.25. The van der Waals surface area contributed by atoms with Gasteiger partial charge in [-0.05, 0) is 19.3 Å². The molecule has 0 aromatic carbocycles. The van der Waals surface area contributed by atoms with Gasteiger partial charge in [0.25, 0.3) is 0 Å². The van der Waals surface area contributed by atoms with Crippen LogP contribution in [0, 0.1) is 12.8 Å². The molecule has 1 aromatic rings. The summed E-state index contributed by atoms with van der Waals surface area (Å²) in [5, 5.41) is 5.13. The highest BCUT2D eigenvalue weighted by molar-refractivity contribution is 6.31. The third-order valence-electron chi connectivity index (χ3n) is 3.91. The summed E-state index contributed by atoms with van der Waals surface area (Å²) in [5.41, 5.74) is 4.93. The molecule has 0 fully saturated rings. The zero-order chi connectivity index (χ0) is 14.4. The van der Waals surface area contributed by atoms with Crippen LogP contribution in [0.4, 0.5) is 0 Å². The van der Waals surface area contributed by atoms with E-state index < -0.39 is 0 Å². The van der Waals surface area contributed by atoms with Gasteiger partial charge in [0.2, 0.25) is 0 Å². The molecule has 1 heterocycles. The number of aryl methyl sites for hydroxylation is 2. The van der Waals surface area contributed by atoms with E-state index in [9.17, 15) is 0 Å². The van der Waals surface area contributed by atoms with Gasteiger partial charge < -0.3 is 0 Å². The van der Waals surface area contributed by atoms with E-state index in [1.165, 1.54) is 19.3 Å².